The van der Waals surface area contributed by atoms with Crippen molar-refractivity contribution in [2.24, 2.45) is 5.92 Å². The van der Waals surface area contributed by atoms with Gasteiger partial charge in [0.25, 0.3) is 0 Å². The molecule has 1 saturated heterocycles. The highest BCUT2D eigenvalue weighted by molar-refractivity contribution is 6.00. The third-order valence-electron chi connectivity index (χ3n) is 4.05. The van der Waals surface area contributed by atoms with Crippen LogP contribution in [0, 0.1) is 12.8 Å². The van der Waals surface area contributed by atoms with Crippen LogP contribution >= 0.6 is 0 Å². The number of esters is 1. The van der Waals surface area contributed by atoms with Crippen molar-refractivity contribution in [3.05, 3.63) is 54.1 Å². The lowest BCUT2D eigenvalue weighted by atomic mass is 10.1. The molecule has 0 unspecified atom stereocenters. The topological polar surface area (TPSA) is 55.8 Å². The van der Waals surface area contributed by atoms with Crippen LogP contribution in [0.2, 0.25) is 0 Å². The van der Waals surface area contributed by atoms with Gasteiger partial charge in [-0.15, -0.1) is 0 Å². The van der Waals surface area contributed by atoms with Gasteiger partial charge in [-0.25, -0.2) is 0 Å². The van der Waals surface area contributed by atoms with Gasteiger partial charge >= 0.3 is 5.97 Å². The Hall–Kier alpha value is -2.82. The number of anilines is 1. The number of ether oxygens (including phenoxy) is 2. The van der Waals surface area contributed by atoms with E-state index in [-0.39, 0.29) is 18.3 Å². The van der Waals surface area contributed by atoms with Gasteiger partial charge < -0.3 is 14.4 Å². The van der Waals surface area contributed by atoms with Crippen molar-refractivity contribution < 1.29 is 19.1 Å². The fourth-order valence-corrected chi connectivity index (χ4v) is 2.80. The van der Waals surface area contributed by atoms with Gasteiger partial charge in [-0.2, -0.15) is 0 Å². The first-order valence-corrected chi connectivity index (χ1v) is 7.80. The molecule has 1 fully saturated rings. The summed E-state index contributed by atoms with van der Waals surface area (Å²) in [6.45, 7) is 2.24. The molecule has 3 rings (SSSR count). The molecule has 0 radical (unpaired) electrons. The minimum atomic E-state index is -0.483. The lowest BCUT2D eigenvalue weighted by molar-refractivity contribution is -0.139. The maximum absolute atomic E-state index is 12.4. The number of aryl methyl sites for hydroxylation is 1. The van der Waals surface area contributed by atoms with Gasteiger partial charge in [0.1, 0.15) is 11.5 Å². The van der Waals surface area contributed by atoms with E-state index < -0.39 is 5.92 Å². The van der Waals surface area contributed by atoms with Gasteiger partial charge in [0.15, 0.2) is 0 Å². The van der Waals surface area contributed by atoms with Crippen LogP contribution in [0.25, 0.3) is 0 Å². The second kappa shape index (κ2) is 6.74. The number of hydrogen-bond donors (Lipinski definition) is 0. The number of nitrogens with zero attached hydrogens (tertiary/aromatic N) is 1. The van der Waals surface area contributed by atoms with Crippen LogP contribution in [0.3, 0.4) is 0 Å². The minimum Gasteiger partial charge on any atom is -0.495 e. The molecule has 2 aromatic rings. The summed E-state index contributed by atoms with van der Waals surface area (Å²) in [6, 6.07) is 14.5. The smallest absolute Gasteiger partial charge is 0.316 e. The van der Waals surface area contributed by atoms with Crippen LogP contribution in [0.4, 0.5) is 5.69 Å². The van der Waals surface area contributed by atoms with Crippen molar-refractivity contribution in [1.29, 1.82) is 0 Å². The number of amides is 1. The van der Waals surface area contributed by atoms with E-state index in [9.17, 15) is 9.59 Å². The molecule has 1 aliphatic rings. The molecular formula is C19H19NO4. The van der Waals surface area contributed by atoms with Crippen molar-refractivity contribution in [1.82, 2.24) is 0 Å². The summed E-state index contributed by atoms with van der Waals surface area (Å²) in [7, 11) is 1.57. The highest BCUT2D eigenvalue weighted by atomic mass is 16.5. The summed E-state index contributed by atoms with van der Waals surface area (Å²) in [4.78, 5) is 26.3. The van der Waals surface area contributed by atoms with Crippen LogP contribution < -0.4 is 14.4 Å². The van der Waals surface area contributed by atoms with E-state index in [0.29, 0.717) is 23.7 Å². The summed E-state index contributed by atoms with van der Waals surface area (Å²) in [5.74, 6) is 0.132. The van der Waals surface area contributed by atoms with E-state index in [1.54, 1.807) is 36.3 Å². The molecule has 124 valence electrons. The fraction of sp³-hybridized carbons (Fsp3) is 0.263. The van der Waals surface area contributed by atoms with E-state index in [0.717, 1.165) is 5.56 Å². The van der Waals surface area contributed by atoms with E-state index in [2.05, 4.69) is 0 Å². The second-order valence-corrected chi connectivity index (χ2v) is 5.81. The van der Waals surface area contributed by atoms with Crippen molar-refractivity contribution in [2.45, 2.75) is 13.3 Å². The normalized spacial score (nSPS) is 17.0. The van der Waals surface area contributed by atoms with Crippen LogP contribution in [-0.2, 0) is 9.59 Å². The largest absolute Gasteiger partial charge is 0.495 e. The van der Waals surface area contributed by atoms with E-state index >= 15 is 0 Å². The molecule has 0 aliphatic carbocycles. The Bertz CT molecular complexity index is 757. The Kier molecular flexibility index (Phi) is 4.51. The molecule has 1 heterocycles. The summed E-state index contributed by atoms with van der Waals surface area (Å²) < 4.78 is 10.7. The highest BCUT2D eigenvalue weighted by Gasteiger charge is 2.37. The Morgan fingerprint density at radius 1 is 1.17 bits per heavy atom. The fourth-order valence-electron chi connectivity index (χ4n) is 2.80. The second-order valence-electron chi connectivity index (χ2n) is 5.81. The Balaban J connectivity index is 1.76. The first kappa shape index (κ1) is 16.1. The molecule has 0 spiro atoms. The van der Waals surface area contributed by atoms with Crippen LogP contribution in [0.5, 0.6) is 11.5 Å². The predicted molar refractivity (Wildman–Crippen MR) is 90.3 cm³/mol. The van der Waals surface area contributed by atoms with Gasteiger partial charge in [0, 0.05) is 13.0 Å². The van der Waals surface area contributed by atoms with E-state index in [4.69, 9.17) is 9.47 Å². The Morgan fingerprint density at radius 3 is 2.62 bits per heavy atom. The molecule has 0 bridgehead atoms. The number of carbonyl (C=O) groups is 2. The lowest BCUT2D eigenvalue weighted by Gasteiger charge is -2.20. The van der Waals surface area contributed by atoms with Gasteiger partial charge in [-0.1, -0.05) is 24.3 Å². The summed E-state index contributed by atoms with van der Waals surface area (Å²) in [5, 5.41) is 0. The number of hydrogen-bond acceptors (Lipinski definition) is 4. The zero-order chi connectivity index (χ0) is 17.1. The standard InChI is InChI=1S/C19H19NO4/c1-13-8-9-17(23-2)16(10-13)20-12-14(11-18(20)21)19(22)24-15-6-4-3-5-7-15/h3-10,14H,11-12H2,1-2H3/t14-/m1/s1. The van der Waals surface area contributed by atoms with E-state index in [1.165, 1.54) is 0 Å². The number of methoxy groups -OCH3 is 1. The third kappa shape index (κ3) is 3.25. The summed E-state index contributed by atoms with van der Waals surface area (Å²) >= 11 is 0. The zero-order valence-corrected chi connectivity index (χ0v) is 13.7. The van der Waals surface area contributed by atoms with Crippen LogP contribution in [0.15, 0.2) is 48.5 Å². The van der Waals surface area contributed by atoms with Gasteiger partial charge in [0.05, 0.1) is 18.7 Å². The van der Waals surface area contributed by atoms with Crippen molar-refractivity contribution in [3.8, 4) is 11.5 Å². The molecule has 2 aromatic carbocycles. The first-order valence-electron chi connectivity index (χ1n) is 7.80. The average molecular weight is 325 g/mol. The molecule has 0 saturated carbocycles. The molecule has 0 aromatic heterocycles. The minimum absolute atomic E-state index is 0.103. The first-order chi connectivity index (χ1) is 11.6. The third-order valence-corrected chi connectivity index (χ3v) is 4.05. The van der Waals surface area contributed by atoms with Crippen molar-refractivity contribution in [3.63, 3.8) is 0 Å². The number of carbonyl (C=O) groups excluding carboxylic acids is 2. The molecule has 0 N–H and O–H groups in total. The zero-order valence-electron chi connectivity index (χ0n) is 13.7. The highest BCUT2D eigenvalue weighted by Crippen LogP contribution is 2.34. The number of benzene rings is 2. The lowest BCUT2D eigenvalue weighted by Crippen LogP contribution is -2.27. The molecule has 1 atom stereocenters. The predicted octanol–water partition coefficient (Wildman–Crippen LogP) is 2.96. The van der Waals surface area contributed by atoms with Gasteiger partial charge in [0.2, 0.25) is 5.91 Å². The molecule has 24 heavy (non-hydrogen) atoms. The van der Waals surface area contributed by atoms with Crippen molar-refractivity contribution in [2.75, 3.05) is 18.6 Å². The average Bonchev–Trinajstić information content (AvgIpc) is 2.97. The van der Waals surface area contributed by atoms with Crippen molar-refractivity contribution >= 4 is 17.6 Å². The monoisotopic (exact) mass is 325 g/mol. The van der Waals surface area contributed by atoms with Gasteiger partial charge in [-0.3, -0.25) is 9.59 Å². The molecule has 1 amide bonds. The summed E-state index contributed by atoms with van der Waals surface area (Å²) in [5.41, 5.74) is 1.71. The maximum atomic E-state index is 12.4. The number of para-hydroxylation sites is 1. The van der Waals surface area contributed by atoms with Crippen LogP contribution in [0.1, 0.15) is 12.0 Å². The Labute approximate surface area is 140 Å². The number of rotatable bonds is 4. The quantitative estimate of drug-likeness (QED) is 0.640. The Morgan fingerprint density at radius 2 is 1.92 bits per heavy atom. The molecule has 5 nitrogen and oxygen atoms in total. The van der Waals surface area contributed by atoms with Crippen LogP contribution in [-0.4, -0.2) is 25.5 Å². The molecule has 5 heteroatoms. The van der Waals surface area contributed by atoms with Gasteiger partial charge in [-0.05, 0) is 36.8 Å². The summed E-state index contributed by atoms with van der Waals surface area (Å²) in [6.07, 6.45) is 0.142. The maximum Gasteiger partial charge on any atom is 0.316 e. The molecular weight excluding hydrogens is 306 g/mol. The van der Waals surface area contributed by atoms with E-state index in [1.807, 2.05) is 31.2 Å². The SMILES string of the molecule is COc1ccc(C)cc1N1C[C@H](C(=O)Oc2ccccc2)CC1=O. The molecule has 1 aliphatic heterocycles.